The van der Waals surface area contributed by atoms with Gasteiger partial charge in [0.25, 0.3) is 17.6 Å². The van der Waals surface area contributed by atoms with Gasteiger partial charge in [-0.2, -0.15) is 18.4 Å². The summed E-state index contributed by atoms with van der Waals surface area (Å²) in [7, 11) is 1.38. The average molecular weight is 478 g/mol. The first-order chi connectivity index (χ1) is 15.7. The molecule has 34 heavy (non-hydrogen) atoms. The second kappa shape index (κ2) is 9.37. The summed E-state index contributed by atoms with van der Waals surface area (Å²) < 4.78 is 54.6. The number of hydrogen-bond acceptors (Lipinski definition) is 5. The van der Waals surface area contributed by atoms with Gasteiger partial charge < -0.3 is 20.3 Å². The zero-order valence-electron chi connectivity index (χ0n) is 18.1. The van der Waals surface area contributed by atoms with Crippen LogP contribution in [0.2, 0.25) is 0 Å². The number of rotatable bonds is 6. The summed E-state index contributed by atoms with van der Waals surface area (Å²) in [6.45, 7) is 0.965. The van der Waals surface area contributed by atoms with Gasteiger partial charge in [-0.3, -0.25) is 14.4 Å². The summed E-state index contributed by atoms with van der Waals surface area (Å²) in [5.74, 6) is -3.46. The molecule has 0 aliphatic rings. The number of nitrogens with zero attached hydrogens (tertiary/aromatic N) is 2. The standard InChI is InChI=1S/C22H18F4N4O4/c1-5-21(10-31,22(24,25)26)29-20(34)18(32)16-11(2)17(30(4)12(16)3)19(33)28-14-6-7-15(23)13(8-14)9-27/h1,6-8,31H,10H2,2-4H3,(H,28,33)(H,29,34)/t21-/m1/s1. The summed E-state index contributed by atoms with van der Waals surface area (Å²) in [6, 6.07) is 4.87. The van der Waals surface area contributed by atoms with Crippen molar-refractivity contribution in [3.05, 3.63) is 52.1 Å². The summed E-state index contributed by atoms with van der Waals surface area (Å²) in [6.07, 6.45) is -0.388. The predicted molar refractivity (Wildman–Crippen MR) is 111 cm³/mol. The van der Waals surface area contributed by atoms with E-state index in [4.69, 9.17) is 16.8 Å². The van der Waals surface area contributed by atoms with E-state index in [0.29, 0.717) is 0 Å². The van der Waals surface area contributed by atoms with E-state index in [0.717, 1.165) is 12.1 Å². The average Bonchev–Trinajstić information content (AvgIpc) is 2.99. The van der Waals surface area contributed by atoms with Crippen molar-refractivity contribution in [2.24, 2.45) is 7.05 Å². The number of hydrogen-bond donors (Lipinski definition) is 3. The van der Waals surface area contributed by atoms with Crippen LogP contribution in [-0.2, 0) is 11.8 Å². The monoisotopic (exact) mass is 478 g/mol. The third-order valence-corrected chi connectivity index (χ3v) is 5.22. The highest BCUT2D eigenvalue weighted by Crippen LogP contribution is 2.30. The Balaban J connectivity index is 2.42. The molecule has 2 rings (SSSR count). The number of nitriles is 1. The third-order valence-electron chi connectivity index (χ3n) is 5.22. The van der Waals surface area contributed by atoms with E-state index in [1.807, 2.05) is 0 Å². The SMILES string of the molecule is C#C[C@](CO)(NC(=O)C(=O)c1c(C)c(C(=O)Nc2ccc(F)c(C#N)c2)n(C)c1C)C(F)(F)F. The minimum Gasteiger partial charge on any atom is -0.393 e. The number of aliphatic hydroxyl groups excluding tert-OH is 1. The fourth-order valence-electron chi connectivity index (χ4n) is 3.24. The van der Waals surface area contributed by atoms with Crippen LogP contribution in [0.4, 0.5) is 23.2 Å². The van der Waals surface area contributed by atoms with Crippen LogP contribution in [0.25, 0.3) is 0 Å². The molecule has 1 heterocycles. The van der Waals surface area contributed by atoms with E-state index >= 15 is 0 Å². The number of nitrogens with one attached hydrogen (secondary N) is 2. The Kier molecular flexibility index (Phi) is 7.19. The van der Waals surface area contributed by atoms with Crippen LogP contribution >= 0.6 is 0 Å². The molecule has 3 N–H and O–H groups in total. The van der Waals surface area contributed by atoms with Gasteiger partial charge in [0, 0.05) is 18.4 Å². The fourth-order valence-corrected chi connectivity index (χ4v) is 3.24. The maximum absolute atomic E-state index is 13.5. The number of carbonyl (C=O) groups is 3. The molecule has 0 radical (unpaired) electrons. The number of amides is 2. The molecule has 0 fully saturated rings. The Morgan fingerprint density at radius 2 is 1.85 bits per heavy atom. The molecule has 1 atom stereocenters. The van der Waals surface area contributed by atoms with Crippen LogP contribution in [0, 0.1) is 43.3 Å². The molecular weight excluding hydrogens is 460 g/mol. The zero-order chi connectivity index (χ0) is 26.0. The smallest absolute Gasteiger partial charge is 0.393 e. The molecule has 12 heteroatoms. The normalized spacial score (nSPS) is 12.8. The first-order valence-corrected chi connectivity index (χ1v) is 9.43. The van der Waals surface area contributed by atoms with Gasteiger partial charge in [-0.05, 0) is 37.6 Å². The van der Waals surface area contributed by atoms with Crippen LogP contribution < -0.4 is 10.6 Å². The third kappa shape index (κ3) is 4.49. The number of halogens is 4. The minimum absolute atomic E-state index is 0.0254. The van der Waals surface area contributed by atoms with Crippen molar-refractivity contribution in [2.75, 3.05) is 11.9 Å². The molecule has 0 aliphatic carbocycles. The lowest BCUT2D eigenvalue weighted by molar-refractivity contribution is -0.189. The Morgan fingerprint density at radius 1 is 1.24 bits per heavy atom. The van der Waals surface area contributed by atoms with Crippen LogP contribution in [0.15, 0.2) is 18.2 Å². The number of terminal acetylenes is 1. The molecule has 0 unspecified atom stereocenters. The van der Waals surface area contributed by atoms with Gasteiger partial charge >= 0.3 is 6.18 Å². The number of anilines is 1. The van der Waals surface area contributed by atoms with Crippen molar-refractivity contribution in [3.63, 3.8) is 0 Å². The number of Topliss-reactive ketones (excluding diaryl/α,β-unsaturated/α-hetero) is 1. The highest BCUT2D eigenvalue weighted by molar-refractivity contribution is 6.44. The first kappa shape index (κ1) is 26.1. The molecule has 0 saturated carbocycles. The second-order valence-corrected chi connectivity index (χ2v) is 7.24. The van der Waals surface area contributed by atoms with Gasteiger partial charge in [0.05, 0.1) is 17.7 Å². The lowest BCUT2D eigenvalue weighted by atomic mass is 9.99. The van der Waals surface area contributed by atoms with Crippen molar-refractivity contribution in [3.8, 4) is 18.4 Å². The van der Waals surface area contributed by atoms with Crippen molar-refractivity contribution < 1.29 is 37.1 Å². The molecule has 1 aromatic carbocycles. The van der Waals surface area contributed by atoms with Gasteiger partial charge in [-0.1, -0.05) is 5.92 Å². The number of benzene rings is 1. The van der Waals surface area contributed by atoms with E-state index in [1.54, 1.807) is 6.07 Å². The largest absolute Gasteiger partial charge is 0.425 e. The Morgan fingerprint density at radius 3 is 2.35 bits per heavy atom. The van der Waals surface area contributed by atoms with Crippen LogP contribution in [-0.4, -0.2) is 45.6 Å². The van der Waals surface area contributed by atoms with Gasteiger partial charge in [-0.15, -0.1) is 6.42 Å². The molecule has 2 amide bonds. The van der Waals surface area contributed by atoms with Crippen molar-refractivity contribution in [2.45, 2.75) is 25.6 Å². The highest BCUT2D eigenvalue weighted by Gasteiger charge is 2.55. The summed E-state index contributed by atoms with van der Waals surface area (Å²) in [5, 5.41) is 21.9. The van der Waals surface area contributed by atoms with E-state index < -0.39 is 41.7 Å². The topological polar surface area (TPSA) is 124 Å². The molecule has 0 aliphatic heterocycles. The second-order valence-electron chi connectivity index (χ2n) is 7.24. The highest BCUT2D eigenvalue weighted by atomic mass is 19.4. The molecule has 0 bridgehead atoms. The minimum atomic E-state index is -5.25. The van der Waals surface area contributed by atoms with Crippen molar-refractivity contribution >= 4 is 23.3 Å². The Hall–Kier alpha value is -4.16. The molecule has 1 aromatic heterocycles. The van der Waals surface area contributed by atoms with Crippen LogP contribution in [0.3, 0.4) is 0 Å². The van der Waals surface area contributed by atoms with Gasteiger partial charge in [-0.25, -0.2) is 4.39 Å². The van der Waals surface area contributed by atoms with Gasteiger partial charge in [0.15, 0.2) is 0 Å². The van der Waals surface area contributed by atoms with Crippen molar-refractivity contribution in [1.82, 2.24) is 9.88 Å². The summed E-state index contributed by atoms with van der Waals surface area (Å²) >= 11 is 0. The maximum atomic E-state index is 13.5. The maximum Gasteiger partial charge on any atom is 0.425 e. The first-order valence-electron chi connectivity index (χ1n) is 9.43. The molecule has 0 saturated heterocycles. The van der Waals surface area contributed by atoms with E-state index in [2.05, 4.69) is 5.32 Å². The number of aromatic nitrogens is 1. The molecular formula is C22H18F4N4O4. The summed E-state index contributed by atoms with van der Waals surface area (Å²) in [4.78, 5) is 37.9. The van der Waals surface area contributed by atoms with E-state index in [1.165, 1.54) is 42.8 Å². The fraction of sp³-hybridized carbons (Fsp3) is 0.273. The number of alkyl halides is 3. The zero-order valence-corrected chi connectivity index (χ0v) is 18.1. The van der Waals surface area contributed by atoms with Crippen LogP contribution in [0.5, 0.6) is 0 Å². The lowest BCUT2D eigenvalue weighted by Crippen LogP contribution is -2.61. The Labute approximate surface area is 191 Å². The van der Waals surface area contributed by atoms with Gasteiger partial charge in [0.2, 0.25) is 5.54 Å². The predicted octanol–water partition coefficient (Wildman–Crippen LogP) is 2.13. The molecule has 2 aromatic rings. The van der Waals surface area contributed by atoms with E-state index in [9.17, 15) is 31.9 Å². The molecule has 0 spiro atoms. The number of ketones is 1. The van der Waals surface area contributed by atoms with E-state index in [-0.39, 0.29) is 33.8 Å². The van der Waals surface area contributed by atoms with Gasteiger partial charge in [0.1, 0.15) is 17.6 Å². The quantitative estimate of drug-likeness (QED) is 0.254. The van der Waals surface area contributed by atoms with Crippen molar-refractivity contribution in [1.29, 1.82) is 5.26 Å². The molecule has 8 nitrogen and oxygen atoms in total. The number of aliphatic hydroxyl groups is 1. The molecule has 178 valence electrons. The Bertz CT molecular complexity index is 1270. The lowest BCUT2D eigenvalue weighted by Gasteiger charge is -2.29. The van der Waals surface area contributed by atoms with Crippen LogP contribution in [0.1, 0.15) is 37.7 Å². The number of carbonyl (C=O) groups excluding carboxylic acids is 3. The summed E-state index contributed by atoms with van der Waals surface area (Å²) in [5.41, 5.74) is -4.12.